The van der Waals surface area contributed by atoms with Crippen LogP contribution in [-0.2, 0) is 0 Å². The minimum atomic E-state index is 0. The van der Waals surface area contributed by atoms with E-state index in [1.54, 1.807) is 0 Å². The van der Waals surface area contributed by atoms with E-state index in [0.717, 1.165) is 13.1 Å². The Balaban J connectivity index is 0. The summed E-state index contributed by atoms with van der Waals surface area (Å²) in [6.45, 7) is 6.64. The Morgan fingerprint density at radius 1 is 0.900 bits per heavy atom. The summed E-state index contributed by atoms with van der Waals surface area (Å²) >= 11 is 0. The van der Waals surface area contributed by atoms with Crippen molar-refractivity contribution in [2.45, 2.75) is 25.9 Å². The maximum absolute atomic E-state index is 3.37. The molecule has 1 rings (SSSR count). The van der Waals surface area contributed by atoms with Crippen molar-refractivity contribution in [2.24, 2.45) is 0 Å². The number of nitrogens with one attached hydrogen (secondary N) is 2. The van der Waals surface area contributed by atoms with E-state index in [4.69, 9.17) is 0 Å². The Kier molecular flexibility index (Phi) is 8.17. The Hall–Kier alpha value is 0.500. The topological polar surface area (TPSA) is 24.1 Å². The molecule has 64 valence electrons. The van der Waals surface area contributed by atoms with E-state index >= 15 is 0 Å². The van der Waals surface area contributed by atoms with Gasteiger partial charge in [0.2, 0.25) is 0 Å². The van der Waals surface area contributed by atoms with Gasteiger partial charge in [-0.3, -0.25) is 0 Å². The minimum Gasteiger partial charge on any atom is -0.311 e. The van der Waals surface area contributed by atoms with Crippen molar-refractivity contribution >= 4 is 24.8 Å². The van der Waals surface area contributed by atoms with Crippen LogP contribution in [0.1, 0.15) is 13.8 Å². The summed E-state index contributed by atoms with van der Waals surface area (Å²) in [5.41, 5.74) is 0. The van der Waals surface area contributed by atoms with Crippen LogP contribution in [0.25, 0.3) is 0 Å². The molecule has 0 amide bonds. The van der Waals surface area contributed by atoms with Crippen LogP contribution in [0.3, 0.4) is 0 Å². The predicted molar refractivity (Wildman–Crippen MR) is 49.4 cm³/mol. The average molecular weight is 187 g/mol. The fourth-order valence-corrected chi connectivity index (χ4v) is 0.953. The second-order valence-electron chi connectivity index (χ2n) is 2.49. The van der Waals surface area contributed by atoms with Gasteiger partial charge in [-0.05, 0) is 13.8 Å². The number of rotatable bonds is 0. The highest BCUT2D eigenvalue weighted by molar-refractivity contribution is 5.85. The average Bonchev–Trinajstić information content (AvgIpc) is 1.77. The first-order chi connectivity index (χ1) is 3.80. The van der Waals surface area contributed by atoms with Crippen LogP contribution in [-0.4, -0.2) is 25.2 Å². The lowest BCUT2D eigenvalue weighted by Crippen LogP contribution is -2.52. The van der Waals surface area contributed by atoms with Gasteiger partial charge < -0.3 is 10.6 Å². The quantitative estimate of drug-likeness (QED) is 0.586. The highest BCUT2D eigenvalue weighted by Gasteiger charge is 2.13. The summed E-state index contributed by atoms with van der Waals surface area (Å²) in [6, 6.07) is 1.28. The van der Waals surface area contributed by atoms with Crippen LogP contribution in [0, 0.1) is 0 Å². The first-order valence-corrected chi connectivity index (χ1v) is 3.27. The fourth-order valence-electron chi connectivity index (χ4n) is 0.953. The van der Waals surface area contributed by atoms with E-state index in [1.807, 2.05) is 0 Å². The summed E-state index contributed by atoms with van der Waals surface area (Å²) in [4.78, 5) is 0. The molecule has 4 heteroatoms. The number of piperazine rings is 1. The molecule has 10 heavy (non-hydrogen) atoms. The largest absolute Gasteiger partial charge is 0.311 e. The standard InChI is InChI=1S/C6H14N2.2ClH/c1-5-6(2)8-4-3-7-5;;/h5-8H,3-4H2,1-2H3;2*1H/t5-,6-;;/m0../s1. The van der Waals surface area contributed by atoms with Gasteiger partial charge in [0, 0.05) is 25.2 Å². The van der Waals surface area contributed by atoms with Gasteiger partial charge in [-0.25, -0.2) is 0 Å². The molecule has 2 N–H and O–H groups in total. The Morgan fingerprint density at radius 2 is 1.20 bits per heavy atom. The van der Waals surface area contributed by atoms with E-state index in [9.17, 15) is 0 Å². The monoisotopic (exact) mass is 186 g/mol. The molecule has 2 atom stereocenters. The van der Waals surface area contributed by atoms with Gasteiger partial charge in [0.25, 0.3) is 0 Å². The van der Waals surface area contributed by atoms with Crippen LogP contribution in [0.4, 0.5) is 0 Å². The maximum atomic E-state index is 3.37. The van der Waals surface area contributed by atoms with E-state index in [-0.39, 0.29) is 24.8 Å². The van der Waals surface area contributed by atoms with Crippen molar-refractivity contribution in [1.29, 1.82) is 0 Å². The predicted octanol–water partition coefficient (Wildman–Crippen LogP) is 0.800. The van der Waals surface area contributed by atoms with Crippen molar-refractivity contribution in [3.8, 4) is 0 Å². The molecule has 0 spiro atoms. The number of hydrogen-bond donors (Lipinski definition) is 2. The molecule has 1 saturated heterocycles. The smallest absolute Gasteiger partial charge is 0.0190 e. The van der Waals surface area contributed by atoms with Crippen LogP contribution >= 0.6 is 24.8 Å². The van der Waals surface area contributed by atoms with Crippen molar-refractivity contribution in [3.63, 3.8) is 0 Å². The Bertz CT molecular complexity index is 70.1. The third kappa shape index (κ3) is 3.62. The third-order valence-corrected chi connectivity index (χ3v) is 1.81. The molecule has 0 aliphatic carbocycles. The number of halogens is 2. The molecule has 1 aliphatic heterocycles. The van der Waals surface area contributed by atoms with Gasteiger partial charge in [-0.1, -0.05) is 0 Å². The molecular weight excluding hydrogens is 171 g/mol. The zero-order valence-corrected chi connectivity index (χ0v) is 8.02. The minimum absolute atomic E-state index is 0. The van der Waals surface area contributed by atoms with Crippen molar-refractivity contribution in [2.75, 3.05) is 13.1 Å². The van der Waals surface area contributed by atoms with Gasteiger partial charge in [0.05, 0.1) is 0 Å². The summed E-state index contributed by atoms with van der Waals surface area (Å²) in [5.74, 6) is 0. The normalized spacial score (nSPS) is 31.8. The molecule has 0 radical (unpaired) electrons. The van der Waals surface area contributed by atoms with Gasteiger partial charge in [0.1, 0.15) is 0 Å². The van der Waals surface area contributed by atoms with Crippen molar-refractivity contribution in [3.05, 3.63) is 0 Å². The van der Waals surface area contributed by atoms with Crippen LogP contribution in [0.15, 0.2) is 0 Å². The molecule has 1 heterocycles. The zero-order chi connectivity index (χ0) is 5.98. The van der Waals surface area contributed by atoms with Gasteiger partial charge in [0.15, 0.2) is 0 Å². The van der Waals surface area contributed by atoms with E-state index in [2.05, 4.69) is 24.5 Å². The molecule has 0 aromatic carbocycles. The Morgan fingerprint density at radius 3 is 1.40 bits per heavy atom. The fraction of sp³-hybridized carbons (Fsp3) is 1.00. The van der Waals surface area contributed by atoms with Gasteiger partial charge in [-0.15, -0.1) is 24.8 Å². The first-order valence-electron chi connectivity index (χ1n) is 3.27. The molecule has 0 aromatic heterocycles. The summed E-state index contributed by atoms with van der Waals surface area (Å²) in [6.07, 6.45) is 0. The molecule has 2 nitrogen and oxygen atoms in total. The lowest BCUT2D eigenvalue weighted by Gasteiger charge is -2.27. The van der Waals surface area contributed by atoms with Crippen molar-refractivity contribution < 1.29 is 0 Å². The Labute approximate surface area is 75.0 Å². The maximum Gasteiger partial charge on any atom is 0.0190 e. The van der Waals surface area contributed by atoms with E-state index < -0.39 is 0 Å². The van der Waals surface area contributed by atoms with Crippen LogP contribution in [0.2, 0.25) is 0 Å². The zero-order valence-electron chi connectivity index (χ0n) is 6.39. The summed E-state index contributed by atoms with van der Waals surface area (Å²) in [5, 5.41) is 6.74. The molecule has 1 fully saturated rings. The van der Waals surface area contributed by atoms with E-state index in [1.165, 1.54) is 0 Å². The van der Waals surface area contributed by atoms with E-state index in [0.29, 0.717) is 12.1 Å². The SMILES string of the molecule is C[C@@H]1NCCN[C@H]1C.Cl.Cl. The van der Waals surface area contributed by atoms with Gasteiger partial charge >= 0.3 is 0 Å². The second-order valence-corrected chi connectivity index (χ2v) is 2.49. The third-order valence-electron chi connectivity index (χ3n) is 1.81. The summed E-state index contributed by atoms with van der Waals surface area (Å²) in [7, 11) is 0. The lowest BCUT2D eigenvalue weighted by molar-refractivity contribution is 0.358. The molecule has 0 bridgehead atoms. The first kappa shape index (κ1) is 13.1. The highest BCUT2D eigenvalue weighted by Crippen LogP contribution is 1.93. The molecular formula is C6H16Cl2N2. The highest BCUT2D eigenvalue weighted by atomic mass is 35.5. The molecule has 0 unspecified atom stereocenters. The van der Waals surface area contributed by atoms with Gasteiger partial charge in [-0.2, -0.15) is 0 Å². The van der Waals surface area contributed by atoms with Crippen LogP contribution in [0.5, 0.6) is 0 Å². The lowest BCUT2D eigenvalue weighted by atomic mass is 10.1. The summed E-state index contributed by atoms with van der Waals surface area (Å²) < 4.78 is 0. The number of hydrogen-bond acceptors (Lipinski definition) is 2. The molecule has 0 saturated carbocycles. The van der Waals surface area contributed by atoms with Crippen molar-refractivity contribution in [1.82, 2.24) is 10.6 Å². The molecule has 0 aromatic rings. The van der Waals surface area contributed by atoms with Crippen LogP contribution < -0.4 is 10.6 Å². The molecule has 1 aliphatic rings. The second kappa shape index (κ2) is 6.23.